The number of rotatable bonds is 5. The van der Waals surface area contributed by atoms with E-state index in [2.05, 4.69) is 15.9 Å². The molecule has 0 spiro atoms. The lowest BCUT2D eigenvalue weighted by Crippen LogP contribution is -2.30. The maximum atomic E-state index is 12.4. The lowest BCUT2D eigenvalue weighted by atomic mass is 10.1. The highest BCUT2D eigenvalue weighted by molar-refractivity contribution is 9.10. The first-order valence-corrected chi connectivity index (χ1v) is 8.30. The zero-order valence-electron chi connectivity index (χ0n) is 11.8. The molecule has 0 aliphatic rings. The molecule has 112 valence electrons. The molecule has 0 heterocycles. The minimum atomic E-state index is -3.69. The smallest absolute Gasteiger partial charge is 0.336 e. The predicted molar refractivity (Wildman–Crippen MR) is 80.5 cm³/mol. The average Bonchev–Trinajstić information content (AvgIpc) is 2.30. The van der Waals surface area contributed by atoms with Crippen LogP contribution in [0.25, 0.3) is 0 Å². The van der Waals surface area contributed by atoms with Gasteiger partial charge in [0.25, 0.3) is 0 Å². The van der Waals surface area contributed by atoms with Crippen LogP contribution in [0.2, 0.25) is 0 Å². The zero-order valence-corrected chi connectivity index (χ0v) is 14.2. The molecule has 1 rings (SSSR count). The number of carboxylic acids is 1. The lowest BCUT2D eigenvalue weighted by Gasteiger charge is -2.20. The van der Waals surface area contributed by atoms with Crippen LogP contribution in [-0.2, 0) is 10.0 Å². The second-order valence-corrected chi connectivity index (χ2v) is 7.96. The van der Waals surface area contributed by atoms with Crippen molar-refractivity contribution in [3.05, 3.63) is 27.7 Å². The van der Waals surface area contributed by atoms with Gasteiger partial charge in [0.15, 0.2) is 0 Å². The number of sulfonamides is 1. The summed E-state index contributed by atoms with van der Waals surface area (Å²) in [6, 6.07) is 2.64. The van der Waals surface area contributed by atoms with Crippen molar-refractivity contribution in [3.8, 4) is 0 Å². The highest BCUT2D eigenvalue weighted by Gasteiger charge is 2.24. The number of hydrogen-bond acceptors (Lipinski definition) is 3. The molecule has 1 aromatic carbocycles. The minimum absolute atomic E-state index is 0.0177. The maximum Gasteiger partial charge on any atom is 0.336 e. The van der Waals surface area contributed by atoms with E-state index in [1.165, 1.54) is 23.5 Å². The van der Waals surface area contributed by atoms with Crippen molar-refractivity contribution in [1.82, 2.24) is 4.31 Å². The molecule has 0 fully saturated rings. The van der Waals surface area contributed by atoms with Crippen molar-refractivity contribution in [2.75, 3.05) is 13.6 Å². The first-order chi connectivity index (χ1) is 9.07. The Balaban J connectivity index is 3.36. The Kier molecular flexibility index (Phi) is 5.34. The highest BCUT2D eigenvalue weighted by Crippen LogP contribution is 2.26. The van der Waals surface area contributed by atoms with Gasteiger partial charge in [-0.05, 0) is 30.5 Å². The van der Waals surface area contributed by atoms with Gasteiger partial charge in [0.05, 0.1) is 10.5 Å². The van der Waals surface area contributed by atoms with Crippen LogP contribution in [0.15, 0.2) is 21.5 Å². The minimum Gasteiger partial charge on any atom is -0.478 e. The van der Waals surface area contributed by atoms with E-state index in [-0.39, 0.29) is 16.4 Å². The topological polar surface area (TPSA) is 74.7 Å². The Bertz CT molecular complexity index is 626. The Morgan fingerprint density at radius 1 is 1.40 bits per heavy atom. The Morgan fingerprint density at radius 3 is 2.40 bits per heavy atom. The second-order valence-electron chi connectivity index (χ2n) is 5.06. The number of carboxylic acid groups (broad SMARTS) is 1. The third-order valence-electron chi connectivity index (χ3n) is 2.88. The monoisotopic (exact) mass is 363 g/mol. The van der Waals surface area contributed by atoms with Crippen molar-refractivity contribution < 1.29 is 18.3 Å². The Hall–Kier alpha value is -0.920. The fraction of sp³-hybridized carbons (Fsp3) is 0.462. The SMILES string of the molecule is Cc1c(Br)cc(S(=O)(=O)N(C)CC(C)C)cc1C(=O)O. The summed E-state index contributed by atoms with van der Waals surface area (Å²) in [5.74, 6) is -0.964. The first-order valence-electron chi connectivity index (χ1n) is 6.07. The molecular formula is C13H18BrNO4S. The van der Waals surface area contributed by atoms with Crippen LogP contribution in [0.5, 0.6) is 0 Å². The van der Waals surface area contributed by atoms with Gasteiger partial charge in [0, 0.05) is 18.1 Å². The number of carbonyl (C=O) groups is 1. The van der Waals surface area contributed by atoms with E-state index in [4.69, 9.17) is 5.11 Å². The molecule has 0 aromatic heterocycles. The predicted octanol–water partition coefficient (Wildman–Crippen LogP) is 2.73. The molecule has 0 saturated heterocycles. The summed E-state index contributed by atoms with van der Waals surface area (Å²) in [4.78, 5) is 11.2. The summed E-state index contributed by atoms with van der Waals surface area (Å²) in [6.07, 6.45) is 0. The molecule has 0 radical (unpaired) electrons. The summed E-state index contributed by atoms with van der Waals surface area (Å²) in [6.45, 7) is 5.83. The summed E-state index contributed by atoms with van der Waals surface area (Å²) < 4.78 is 26.5. The van der Waals surface area contributed by atoms with E-state index >= 15 is 0 Å². The summed E-state index contributed by atoms with van der Waals surface area (Å²) in [7, 11) is -2.20. The van der Waals surface area contributed by atoms with E-state index in [9.17, 15) is 13.2 Å². The van der Waals surface area contributed by atoms with Gasteiger partial charge in [-0.15, -0.1) is 0 Å². The van der Waals surface area contributed by atoms with Crippen molar-refractivity contribution in [2.24, 2.45) is 5.92 Å². The van der Waals surface area contributed by atoms with Crippen molar-refractivity contribution in [1.29, 1.82) is 0 Å². The van der Waals surface area contributed by atoms with Gasteiger partial charge in [-0.2, -0.15) is 0 Å². The van der Waals surface area contributed by atoms with Gasteiger partial charge in [-0.3, -0.25) is 0 Å². The highest BCUT2D eigenvalue weighted by atomic mass is 79.9. The molecule has 20 heavy (non-hydrogen) atoms. The Labute approximate surface area is 127 Å². The fourth-order valence-corrected chi connectivity index (χ4v) is 3.82. The average molecular weight is 364 g/mol. The van der Waals surface area contributed by atoms with Crippen LogP contribution in [0, 0.1) is 12.8 Å². The fourth-order valence-electron chi connectivity index (χ4n) is 1.82. The van der Waals surface area contributed by atoms with Crippen LogP contribution >= 0.6 is 15.9 Å². The van der Waals surface area contributed by atoms with Crippen LogP contribution in [0.1, 0.15) is 29.8 Å². The van der Waals surface area contributed by atoms with Gasteiger partial charge in [0.2, 0.25) is 10.0 Å². The zero-order chi connectivity index (χ0) is 15.7. The molecule has 0 bridgehead atoms. The van der Waals surface area contributed by atoms with Crippen LogP contribution < -0.4 is 0 Å². The van der Waals surface area contributed by atoms with Crippen molar-refractivity contribution in [2.45, 2.75) is 25.7 Å². The normalized spacial score (nSPS) is 12.2. The molecule has 0 aliphatic heterocycles. The molecule has 0 unspecified atom stereocenters. The van der Waals surface area contributed by atoms with Gasteiger partial charge < -0.3 is 5.11 Å². The van der Waals surface area contributed by atoms with E-state index in [0.29, 0.717) is 16.6 Å². The molecule has 5 nitrogen and oxygen atoms in total. The number of aromatic carboxylic acids is 1. The van der Waals surface area contributed by atoms with E-state index in [1.54, 1.807) is 6.92 Å². The number of halogens is 1. The summed E-state index contributed by atoms with van der Waals surface area (Å²) >= 11 is 3.21. The van der Waals surface area contributed by atoms with E-state index < -0.39 is 16.0 Å². The molecule has 0 aliphatic carbocycles. The molecule has 7 heteroatoms. The third-order valence-corrected chi connectivity index (χ3v) is 5.50. The molecule has 0 atom stereocenters. The van der Waals surface area contributed by atoms with Crippen LogP contribution in [0.3, 0.4) is 0 Å². The van der Waals surface area contributed by atoms with E-state index in [0.717, 1.165) is 0 Å². The summed E-state index contributed by atoms with van der Waals surface area (Å²) in [5, 5.41) is 9.14. The maximum absolute atomic E-state index is 12.4. The van der Waals surface area contributed by atoms with Crippen LogP contribution in [0.4, 0.5) is 0 Å². The first kappa shape index (κ1) is 17.1. The Morgan fingerprint density at radius 2 is 1.95 bits per heavy atom. The largest absolute Gasteiger partial charge is 0.478 e. The molecule has 1 N–H and O–H groups in total. The van der Waals surface area contributed by atoms with Gasteiger partial charge in [0.1, 0.15) is 0 Å². The van der Waals surface area contributed by atoms with Crippen LogP contribution in [-0.4, -0.2) is 37.4 Å². The van der Waals surface area contributed by atoms with Gasteiger partial charge in [-0.25, -0.2) is 17.5 Å². The molecule has 1 aromatic rings. The van der Waals surface area contributed by atoms with Crippen molar-refractivity contribution in [3.63, 3.8) is 0 Å². The number of benzene rings is 1. The quantitative estimate of drug-likeness (QED) is 0.872. The third kappa shape index (κ3) is 3.59. The van der Waals surface area contributed by atoms with Crippen molar-refractivity contribution >= 4 is 31.9 Å². The number of hydrogen-bond donors (Lipinski definition) is 1. The molecule has 0 saturated carbocycles. The number of nitrogens with zero attached hydrogens (tertiary/aromatic N) is 1. The second kappa shape index (κ2) is 6.24. The van der Waals surface area contributed by atoms with E-state index in [1.807, 2.05) is 13.8 Å². The molecule has 0 amide bonds. The van der Waals surface area contributed by atoms with Gasteiger partial charge in [-0.1, -0.05) is 29.8 Å². The summed E-state index contributed by atoms with van der Waals surface area (Å²) in [5.41, 5.74) is 0.485. The molecular weight excluding hydrogens is 346 g/mol. The van der Waals surface area contributed by atoms with Gasteiger partial charge >= 0.3 is 5.97 Å². The lowest BCUT2D eigenvalue weighted by molar-refractivity contribution is 0.0695. The standard InChI is InChI=1S/C13H18BrNO4S/c1-8(2)7-15(4)20(18,19)10-5-11(13(16)17)9(3)12(14)6-10/h5-6,8H,7H2,1-4H3,(H,16,17).